The van der Waals surface area contributed by atoms with Gasteiger partial charge in [-0.15, -0.1) is 0 Å². The van der Waals surface area contributed by atoms with E-state index >= 15 is 0 Å². The van der Waals surface area contributed by atoms with Crippen LogP contribution in [0.2, 0.25) is 0 Å². The number of hydrogen-bond acceptors (Lipinski definition) is 7. The van der Waals surface area contributed by atoms with Crippen molar-refractivity contribution >= 4 is 10.0 Å². The maximum Gasteiger partial charge on any atom is 0.240 e. The number of sulfonamides is 1. The molecule has 1 aliphatic heterocycles. The highest BCUT2D eigenvalue weighted by Crippen LogP contribution is 2.30. The van der Waals surface area contributed by atoms with Gasteiger partial charge < -0.3 is 4.52 Å². The van der Waals surface area contributed by atoms with E-state index in [4.69, 9.17) is 4.52 Å². The summed E-state index contributed by atoms with van der Waals surface area (Å²) in [6, 6.07) is 7.25. The first-order valence-electron chi connectivity index (χ1n) is 7.84. The minimum Gasteiger partial charge on any atom is -0.338 e. The predicted molar refractivity (Wildman–Crippen MR) is 88.7 cm³/mol. The van der Waals surface area contributed by atoms with Gasteiger partial charge in [0.1, 0.15) is 5.82 Å². The standard InChI is InChI=1S/C16H14FN5O3S/c17-13-4-1-3-11(7-13)10-26(23,24)22-8-12(9-22)16-20-15(21-25-16)14-18-5-2-6-19-14/h1-7,12H,8-10H2. The van der Waals surface area contributed by atoms with Crippen molar-refractivity contribution in [2.24, 2.45) is 0 Å². The Labute approximate surface area is 148 Å². The summed E-state index contributed by atoms with van der Waals surface area (Å²) in [5.74, 6) is 0.0800. The number of rotatable bonds is 5. The zero-order valence-corrected chi connectivity index (χ0v) is 14.3. The molecule has 0 unspecified atom stereocenters. The molecule has 1 aromatic carbocycles. The van der Waals surface area contributed by atoms with Crippen LogP contribution < -0.4 is 0 Å². The molecule has 0 bridgehead atoms. The molecule has 3 aromatic rings. The Hall–Kier alpha value is -2.72. The second-order valence-corrected chi connectivity index (χ2v) is 7.90. The summed E-state index contributed by atoms with van der Waals surface area (Å²) in [6.07, 6.45) is 3.14. The first kappa shape index (κ1) is 16.7. The molecule has 0 aliphatic carbocycles. The van der Waals surface area contributed by atoms with Crippen molar-refractivity contribution in [2.45, 2.75) is 11.7 Å². The molecule has 0 radical (unpaired) electrons. The lowest BCUT2D eigenvalue weighted by Crippen LogP contribution is -2.48. The molecule has 0 N–H and O–H groups in total. The van der Waals surface area contributed by atoms with Gasteiger partial charge in [-0.3, -0.25) is 0 Å². The second kappa shape index (κ2) is 6.54. The Kier molecular flexibility index (Phi) is 4.21. The molecule has 10 heteroatoms. The molecular formula is C16H14FN5O3S. The van der Waals surface area contributed by atoms with Crippen molar-refractivity contribution in [1.29, 1.82) is 0 Å². The lowest BCUT2D eigenvalue weighted by Gasteiger charge is -2.35. The molecule has 1 fully saturated rings. The lowest BCUT2D eigenvalue weighted by atomic mass is 10.0. The average Bonchev–Trinajstić information content (AvgIpc) is 3.03. The van der Waals surface area contributed by atoms with E-state index in [1.165, 1.54) is 22.5 Å². The van der Waals surface area contributed by atoms with Crippen molar-refractivity contribution < 1.29 is 17.3 Å². The molecule has 26 heavy (non-hydrogen) atoms. The number of halogens is 1. The number of aromatic nitrogens is 4. The molecule has 3 heterocycles. The van der Waals surface area contributed by atoms with E-state index < -0.39 is 15.8 Å². The predicted octanol–water partition coefficient (Wildman–Crippen LogP) is 1.59. The zero-order valence-electron chi connectivity index (χ0n) is 13.5. The molecule has 134 valence electrons. The van der Waals surface area contributed by atoms with Gasteiger partial charge in [0.25, 0.3) is 0 Å². The molecule has 0 amide bonds. The van der Waals surface area contributed by atoms with Gasteiger partial charge in [-0.2, -0.15) is 9.29 Å². The van der Waals surface area contributed by atoms with E-state index in [1.54, 1.807) is 24.5 Å². The average molecular weight is 375 g/mol. The Morgan fingerprint density at radius 3 is 2.65 bits per heavy atom. The van der Waals surface area contributed by atoms with Gasteiger partial charge in [-0.25, -0.2) is 22.8 Å². The van der Waals surface area contributed by atoms with Crippen LogP contribution in [0.5, 0.6) is 0 Å². The summed E-state index contributed by atoms with van der Waals surface area (Å²) >= 11 is 0. The van der Waals surface area contributed by atoms with Crippen LogP contribution in [-0.2, 0) is 15.8 Å². The second-order valence-electron chi connectivity index (χ2n) is 5.93. The van der Waals surface area contributed by atoms with Crippen LogP contribution in [0, 0.1) is 5.82 Å². The highest BCUT2D eigenvalue weighted by molar-refractivity contribution is 7.88. The number of hydrogen-bond donors (Lipinski definition) is 0. The smallest absolute Gasteiger partial charge is 0.240 e. The lowest BCUT2D eigenvalue weighted by molar-refractivity contribution is 0.216. The third kappa shape index (κ3) is 3.33. The number of nitrogens with zero attached hydrogens (tertiary/aromatic N) is 5. The summed E-state index contributed by atoms with van der Waals surface area (Å²) in [7, 11) is -3.53. The number of benzene rings is 1. The molecule has 0 atom stereocenters. The van der Waals surface area contributed by atoms with Crippen LogP contribution in [0.4, 0.5) is 4.39 Å². The Morgan fingerprint density at radius 1 is 1.15 bits per heavy atom. The maximum absolute atomic E-state index is 13.2. The van der Waals surface area contributed by atoms with Gasteiger partial charge in [-0.05, 0) is 23.8 Å². The first-order chi connectivity index (χ1) is 12.5. The molecule has 1 aliphatic rings. The van der Waals surface area contributed by atoms with Crippen molar-refractivity contribution in [1.82, 2.24) is 24.4 Å². The normalized spacial score (nSPS) is 15.7. The third-order valence-corrected chi connectivity index (χ3v) is 5.82. The van der Waals surface area contributed by atoms with Gasteiger partial charge in [0.15, 0.2) is 0 Å². The Bertz CT molecular complexity index is 1020. The summed E-state index contributed by atoms with van der Waals surface area (Å²) in [6.45, 7) is 0.490. The molecule has 4 rings (SSSR count). The molecule has 0 saturated carbocycles. The van der Waals surface area contributed by atoms with E-state index in [9.17, 15) is 12.8 Å². The van der Waals surface area contributed by atoms with Crippen LogP contribution in [0.15, 0.2) is 47.2 Å². The molecule has 8 nitrogen and oxygen atoms in total. The zero-order chi connectivity index (χ0) is 18.1. The monoisotopic (exact) mass is 375 g/mol. The van der Waals surface area contributed by atoms with Crippen molar-refractivity contribution in [3.8, 4) is 11.6 Å². The molecule has 1 saturated heterocycles. The third-order valence-electron chi connectivity index (χ3n) is 4.04. The summed E-state index contributed by atoms with van der Waals surface area (Å²) in [5.41, 5.74) is 0.412. The van der Waals surface area contributed by atoms with E-state index in [-0.39, 0.29) is 30.6 Å². The van der Waals surface area contributed by atoms with Gasteiger partial charge in [0.05, 0.1) is 11.7 Å². The van der Waals surface area contributed by atoms with Crippen LogP contribution in [0.25, 0.3) is 11.6 Å². The van der Waals surface area contributed by atoms with E-state index in [0.29, 0.717) is 17.3 Å². The van der Waals surface area contributed by atoms with Crippen LogP contribution in [0.1, 0.15) is 17.4 Å². The quantitative estimate of drug-likeness (QED) is 0.667. The van der Waals surface area contributed by atoms with E-state index in [1.807, 2.05) is 0 Å². The fourth-order valence-electron chi connectivity index (χ4n) is 2.66. The molecule has 2 aromatic heterocycles. The fourth-order valence-corrected chi connectivity index (χ4v) is 4.25. The fraction of sp³-hybridized carbons (Fsp3) is 0.250. The van der Waals surface area contributed by atoms with Gasteiger partial charge in [-0.1, -0.05) is 17.3 Å². The SMILES string of the molecule is O=S(=O)(Cc1cccc(F)c1)N1CC(c2nc(-c3ncccn3)no2)C1. The van der Waals surface area contributed by atoms with E-state index in [0.717, 1.165) is 0 Å². The van der Waals surface area contributed by atoms with Crippen molar-refractivity contribution in [2.75, 3.05) is 13.1 Å². The van der Waals surface area contributed by atoms with Gasteiger partial charge >= 0.3 is 0 Å². The van der Waals surface area contributed by atoms with Crippen molar-refractivity contribution in [3.05, 3.63) is 60.0 Å². The maximum atomic E-state index is 13.2. The Balaban J connectivity index is 1.41. The summed E-state index contributed by atoms with van der Waals surface area (Å²) in [4.78, 5) is 12.3. The first-order valence-corrected chi connectivity index (χ1v) is 9.45. The highest BCUT2D eigenvalue weighted by Gasteiger charge is 2.39. The van der Waals surface area contributed by atoms with Gasteiger partial charge in [0, 0.05) is 25.5 Å². The van der Waals surface area contributed by atoms with Crippen LogP contribution >= 0.6 is 0 Å². The molecular weight excluding hydrogens is 361 g/mol. The Morgan fingerprint density at radius 2 is 1.92 bits per heavy atom. The van der Waals surface area contributed by atoms with E-state index in [2.05, 4.69) is 20.1 Å². The van der Waals surface area contributed by atoms with Gasteiger partial charge in [0.2, 0.25) is 27.6 Å². The summed E-state index contributed by atoms with van der Waals surface area (Å²) < 4.78 is 44.6. The topological polar surface area (TPSA) is 102 Å². The van der Waals surface area contributed by atoms with Crippen LogP contribution in [-0.4, -0.2) is 45.9 Å². The minimum absolute atomic E-state index is 0.178. The molecule has 0 spiro atoms. The summed E-state index contributed by atoms with van der Waals surface area (Å²) in [5, 5.41) is 3.83. The van der Waals surface area contributed by atoms with Crippen LogP contribution in [0.3, 0.4) is 0 Å². The highest BCUT2D eigenvalue weighted by atomic mass is 32.2. The van der Waals surface area contributed by atoms with Crippen molar-refractivity contribution in [3.63, 3.8) is 0 Å². The minimum atomic E-state index is -3.53. The largest absolute Gasteiger partial charge is 0.338 e.